The van der Waals surface area contributed by atoms with Gasteiger partial charge in [-0.2, -0.15) is 0 Å². The molecule has 1 amide bonds. The molecular formula is C16H19N5O4S. The van der Waals surface area contributed by atoms with Crippen LogP contribution in [0.3, 0.4) is 0 Å². The van der Waals surface area contributed by atoms with Gasteiger partial charge in [0.25, 0.3) is 0 Å². The highest BCUT2D eigenvalue weighted by molar-refractivity contribution is 7.99. The summed E-state index contributed by atoms with van der Waals surface area (Å²) in [4.78, 5) is 12.2. The van der Waals surface area contributed by atoms with Crippen LogP contribution in [0.15, 0.2) is 23.4 Å². The number of benzene rings is 1. The largest absolute Gasteiger partial charge is 0.486 e. The predicted molar refractivity (Wildman–Crippen MR) is 93.6 cm³/mol. The number of carbonyl (C=O) groups is 1. The number of anilines is 1. The molecule has 1 fully saturated rings. The molecular weight excluding hydrogens is 358 g/mol. The fourth-order valence-electron chi connectivity index (χ4n) is 2.84. The second kappa shape index (κ2) is 7.92. The van der Waals surface area contributed by atoms with Gasteiger partial charge in [0.05, 0.1) is 18.4 Å². The third-order valence-corrected chi connectivity index (χ3v) is 5.02. The maximum Gasteiger partial charge on any atom is 0.234 e. The van der Waals surface area contributed by atoms with Gasteiger partial charge in [0, 0.05) is 18.4 Å². The van der Waals surface area contributed by atoms with Crippen LogP contribution in [0.2, 0.25) is 0 Å². The minimum absolute atomic E-state index is 0.140. The van der Waals surface area contributed by atoms with Crippen LogP contribution in [0.25, 0.3) is 0 Å². The number of hydrogen-bond donors (Lipinski definition) is 1. The minimum atomic E-state index is -0.140. The standard InChI is InChI=1S/C16H19N5O4S/c22-15(17-11-3-4-13-14(8-11)25-7-6-24-13)10-26-16-18-19-20-21(16)9-12-2-1-5-23-12/h3-4,8,12H,1-2,5-7,9-10H2,(H,17,22)/t12-/m1/s1. The Bertz CT molecular complexity index is 778. The molecule has 1 aromatic carbocycles. The molecule has 1 saturated heterocycles. The molecule has 0 aliphatic carbocycles. The molecule has 0 saturated carbocycles. The Hall–Kier alpha value is -2.33. The number of hydrogen-bond acceptors (Lipinski definition) is 8. The summed E-state index contributed by atoms with van der Waals surface area (Å²) in [5, 5.41) is 15.1. The molecule has 1 atom stereocenters. The number of aromatic nitrogens is 4. The average molecular weight is 377 g/mol. The van der Waals surface area contributed by atoms with Crippen LogP contribution in [0.5, 0.6) is 11.5 Å². The second-order valence-electron chi connectivity index (χ2n) is 5.97. The van der Waals surface area contributed by atoms with E-state index in [2.05, 4.69) is 20.8 Å². The van der Waals surface area contributed by atoms with Gasteiger partial charge in [-0.15, -0.1) is 5.10 Å². The van der Waals surface area contributed by atoms with E-state index in [1.54, 1.807) is 22.9 Å². The van der Waals surface area contributed by atoms with E-state index in [4.69, 9.17) is 14.2 Å². The average Bonchev–Trinajstić information content (AvgIpc) is 3.32. The third-order valence-electron chi connectivity index (χ3n) is 4.06. The van der Waals surface area contributed by atoms with Crippen LogP contribution in [0, 0.1) is 0 Å². The lowest BCUT2D eigenvalue weighted by Crippen LogP contribution is -2.18. The van der Waals surface area contributed by atoms with Crippen LogP contribution in [0.4, 0.5) is 5.69 Å². The number of nitrogens with one attached hydrogen (secondary N) is 1. The van der Waals surface area contributed by atoms with Crippen molar-refractivity contribution in [3.8, 4) is 11.5 Å². The van der Waals surface area contributed by atoms with E-state index in [-0.39, 0.29) is 17.8 Å². The fourth-order valence-corrected chi connectivity index (χ4v) is 3.53. The molecule has 1 aromatic heterocycles. The Kier molecular flexibility index (Phi) is 5.21. The number of carbonyl (C=O) groups excluding carboxylic acids is 1. The zero-order valence-corrected chi connectivity index (χ0v) is 14.9. The van der Waals surface area contributed by atoms with Crippen LogP contribution in [-0.4, -0.2) is 57.8 Å². The fraction of sp³-hybridized carbons (Fsp3) is 0.500. The Labute approximate surface area is 154 Å². The molecule has 26 heavy (non-hydrogen) atoms. The Morgan fingerprint density at radius 2 is 2.15 bits per heavy atom. The summed E-state index contributed by atoms with van der Waals surface area (Å²) in [5.41, 5.74) is 0.666. The van der Waals surface area contributed by atoms with Gasteiger partial charge < -0.3 is 19.5 Å². The van der Waals surface area contributed by atoms with Crippen molar-refractivity contribution in [1.29, 1.82) is 0 Å². The molecule has 2 aliphatic rings. The topological polar surface area (TPSA) is 100 Å². The minimum Gasteiger partial charge on any atom is -0.486 e. The molecule has 2 aliphatic heterocycles. The first kappa shape index (κ1) is 17.1. The van der Waals surface area contributed by atoms with E-state index in [0.717, 1.165) is 19.4 Å². The van der Waals surface area contributed by atoms with Crippen molar-refractivity contribution in [1.82, 2.24) is 20.2 Å². The zero-order valence-electron chi connectivity index (χ0n) is 14.1. The Morgan fingerprint density at radius 1 is 1.27 bits per heavy atom. The smallest absolute Gasteiger partial charge is 0.234 e. The highest BCUT2D eigenvalue weighted by Crippen LogP contribution is 2.32. The Balaban J connectivity index is 1.31. The summed E-state index contributed by atoms with van der Waals surface area (Å²) in [7, 11) is 0. The Morgan fingerprint density at radius 3 is 3.00 bits per heavy atom. The van der Waals surface area contributed by atoms with Crippen molar-refractivity contribution in [3.63, 3.8) is 0 Å². The quantitative estimate of drug-likeness (QED) is 0.753. The van der Waals surface area contributed by atoms with Crippen molar-refractivity contribution >= 4 is 23.4 Å². The number of rotatable bonds is 6. The molecule has 0 radical (unpaired) electrons. The van der Waals surface area contributed by atoms with Crippen molar-refractivity contribution in [2.75, 3.05) is 30.9 Å². The number of amides is 1. The molecule has 0 unspecified atom stereocenters. The van der Waals surface area contributed by atoms with Gasteiger partial charge in [-0.05, 0) is 35.4 Å². The third kappa shape index (κ3) is 4.07. The summed E-state index contributed by atoms with van der Waals surface area (Å²) >= 11 is 1.30. The molecule has 2 aromatic rings. The number of nitrogens with zero attached hydrogens (tertiary/aromatic N) is 4. The van der Waals surface area contributed by atoms with E-state index in [9.17, 15) is 4.79 Å². The first-order valence-electron chi connectivity index (χ1n) is 8.48. The van der Waals surface area contributed by atoms with Gasteiger partial charge in [0.15, 0.2) is 11.5 Å². The lowest BCUT2D eigenvalue weighted by molar-refractivity contribution is -0.113. The van der Waals surface area contributed by atoms with Crippen molar-refractivity contribution < 1.29 is 19.0 Å². The summed E-state index contributed by atoms with van der Waals surface area (Å²) in [5.74, 6) is 1.40. The van der Waals surface area contributed by atoms with Gasteiger partial charge in [0.2, 0.25) is 11.1 Å². The van der Waals surface area contributed by atoms with Crippen molar-refractivity contribution in [3.05, 3.63) is 18.2 Å². The second-order valence-corrected chi connectivity index (χ2v) is 6.92. The first-order chi connectivity index (χ1) is 12.8. The van der Waals surface area contributed by atoms with Gasteiger partial charge in [0.1, 0.15) is 13.2 Å². The van der Waals surface area contributed by atoms with Crippen molar-refractivity contribution in [2.45, 2.75) is 30.6 Å². The summed E-state index contributed by atoms with van der Waals surface area (Å²) in [6.07, 6.45) is 2.21. The van der Waals surface area contributed by atoms with Gasteiger partial charge >= 0.3 is 0 Å². The van der Waals surface area contributed by atoms with E-state index in [1.807, 2.05) is 0 Å². The number of tetrazole rings is 1. The van der Waals surface area contributed by atoms with Crippen LogP contribution in [-0.2, 0) is 16.1 Å². The molecule has 1 N–H and O–H groups in total. The highest BCUT2D eigenvalue weighted by Gasteiger charge is 2.19. The molecule has 138 valence electrons. The highest BCUT2D eigenvalue weighted by atomic mass is 32.2. The molecule has 3 heterocycles. The van der Waals surface area contributed by atoms with Gasteiger partial charge in [-0.3, -0.25) is 4.79 Å². The first-order valence-corrected chi connectivity index (χ1v) is 9.46. The van der Waals surface area contributed by atoms with Crippen LogP contribution in [0.1, 0.15) is 12.8 Å². The molecule has 0 bridgehead atoms. The number of ether oxygens (including phenoxy) is 3. The summed E-state index contributed by atoms with van der Waals surface area (Å²) < 4.78 is 18.3. The summed E-state index contributed by atoms with van der Waals surface area (Å²) in [6, 6.07) is 5.34. The zero-order chi connectivity index (χ0) is 17.8. The van der Waals surface area contributed by atoms with Crippen LogP contribution >= 0.6 is 11.8 Å². The lowest BCUT2D eigenvalue weighted by Gasteiger charge is -2.19. The van der Waals surface area contributed by atoms with Crippen molar-refractivity contribution in [2.24, 2.45) is 0 Å². The van der Waals surface area contributed by atoms with Crippen LogP contribution < -0.4 is 14.8 Å². The van der Waals surface area contributed by atoms with Gasteiger partial charge in [-0.1, -0.05) is 11.8 Å². The van der Waals surface area contributed by atoms with Gasteiger partial charge in [-0.25, -0.2) is 4.68 Å². The predicted octanol–water partition coefficient (Wildman–Crippen LogP) is 1.35. The van der Waals surface area contributed by atoms with E-state index in [1.165, 1.54) is 11.8 Å². The number of thioether (sulfide) groups is 1. The maximum absolute atomic E-state index is 12.2. The van der Waals surface area contributed by atoms with E-state index >= 15 is 0 Å². The molecule has 9 nitrogen and oxygen atoms in total. The molecule has 4 rings (SSSR count). The molecule has 0 spiro atoms. The molecule has 10 heteroatoms. The van der Waals surface area contributed by atoms with E-state index < -0.39 is 0 Å². The monoisotopic (exact) mass is 377 g/mol. The SMILES string of the molecule is O=C(CSc1nnnn1C[C@H]1CCCO1)Nc1ccc2c(c1)OCCO2. The maximum atomic E-state index is 12.2. The number of fused-ring (bicyclic) bond motifs is 1. The lowest BCUT2D eigenvalue weighted by atomic mass is 10.2. The van der Waals surface area contributed by atoms with E-state index in [0.29, 0.717) is 42.1 Å². The normalized spacial score (nSPS) is 18.7. The summed E-state index contributed by atoms with van der Waals surface area (Å²) in [6.45, 7) is 2.44.